The van der Waals surface area contributed by atoms with Crippen LogP contribution < -0.4 is 5.73 Å². The average Bonchev–Trinajstić information content (AvgIpc) is 2.34. The molecule has 2 N–H and O–H groups in total. The Bertz CT molecular complexity index is 620. The molecule has 2 rings (SSSR count). The van der Waals surface area contributed by atoms with E-state index in [1.54, 1.807) is 6.07 Å². The lowest BCUT2D eigenvalue weighted by molar-refractivity contribution is 0.628. The third kappa shape index (κ3) is 2.19. The first-order chi connectivity index (χ1) is 8.11. The van der Waals surface area contributed by atoms with Gasteiger partial charge in [0.15, 0.2) is 0 Å². The molecule has 1 aromatic heterocycles. The highest BCUT2D eigenvalue weighted by molar-refractivity contribution is 6.33. The second-order valence-electron chi connectivity index (χ2n) is 3.42. The lowest BCUT2D eigenvalue weighted by Crippen LogP contribution is -1.94. The van der Waals surface area contributed by atoms with Crippen molar-refractivity contribution in [1.82, 2.24) is 4.98 Å². The molecule has 1 heterocycles. The number of aromatic nitrogens is 1. The van der Waals surface area contributed by atoms with Crippen LogP contribution in [0.3, 0.4) is 0 Å². The number of benzene rings is 1. The summed E-state index contributed by atoms with van der Waals surface area (Å²) in [6.45, 7) is 0. The summed E-state index contributed by atoms with van der Waals surface area (Å²) in [6.07, 6.45) is 2.92. The Labute approximate surface area is 102 Å². The maximum absolute atomic E-state index is 13.3. The summed E-state index contributed by atoms with van der Waals surface area (Å²) in [5, 5.41) is 8.91. The summed E-state index contributed by atoms with van der Waals surface area (Å²) in [5.74, 6) is -0.485. The van der Waals surface area contributed by atoms with Gasteiger partial charge < -0.3 is 5.73 Å². The van der Waals surface area contributed by atoms with Crippen molar-refractivity contribution in [3.63, 3.8) is 0 Å². The van der Waals surface area contributed by atoms with Crippen LogP contribution >= 0.6 is 11.6 Å². The van der Waals surface area contributed by atoms with Crippen LogP contribution in [0.4, 0.5) is 10.1 Å². The molecular weight excluding hydrogens is 241 g/mol. The van der Waals surface area contributed by atoms with Gasteiger partial charge >= 0.3 is 0 Å². The minimum absolute atomic E-state index is 0.141. The number of nitrogens with zero attached hydrogens (tertiary/aromatic N) is 2. The molecule has 0 fully saturated rings. The highest BCUT2D eigenvalue weighted by Crippen LogP contribution is 2.32. The van der Waals surface area contributed by atoms with Gasteiger partial charge in [-0.3, -0.25) is 4.98 Å². The van der Waals surface area contributed by atoms with Crippen molar-refractivity contribution < 1.29 is 4.39 Å². The molecule has 5 heteroatoms. The van der Waals surface area contributed by atoms with Crippen molar-refractivity contribution in [3.05, 3.63) is 47.0 Å². The molecule has 3 nitrogen and oxygen atoms in total. The molecule has 0 aliphatic heterocycles. The molecule has 0 spiro atoms. The third-order valence-electron chi connectivity index (χ3n) is 2.27. The second-order valence-corrected chi connectivity index (χ2v) is 3.83. The van der Waals surface area contributed by atoms with E-state index in [2.05, 4.69) is 4.98 Å². The molecule has 0 atom stereocenters. The molecule has 84 valence electrons. The normalized spacial score (nSPS) is 9.94. The lowest BCUT2D eigenvalue weighted by atomic mass is 10.0. The van der Waals surface area contributed by atoms with Crippen LogP contribution in [0.15, 0.2) is 30.6 Å². The van der Waals surface area contributed by atoms with Gasteiger partial charge in [-0.05, 0) is 18.2 Å². The lowest BCUT2D eigenvalue weighted by Gasteiger charge is -2.07. The Morgan fingerprint density at radius 1 is 1.29 bits per heavy atom. The largest absolute Gasteiger partial charge is 0.397 e. The molecule has 1 aromatic carbocycles. The van der Waals surface area contributed by atoms with Crippen LogP contribution in [0.1, 0.15) is 5.56 Å². The summed E-state index contributed by atoms with van der Waals surface area (Å²) in [6, 6.07) is 5.94. The number of nitrogens with two attached hydrogens (primary N) is 1. The predicted molar refractivity (Wildman–Crippen MR) is 63.8 cm³/mol. The van der Waals surface area contributed by atoms with E-state index >= 15 is 0 Å². The Kier molecular flexibility index (Phi) is 2.94. The maximum atomic E-state index is 13.3. The van der Waals surface area contributed by atoms with Crippen LogP contribution in [0.2, 0.25) is 5.02 Å². The fourth-order valence-corrected chi connectivity index (χ4v) is 1.68. The molecule has 17 heavy (non-hydrogen) atoms. The molecule has 0 bridgehead atoms. The number of pyridine rings is 1. The zero-order valence-electron chi connectivity index (χ0n) is 8.61. The zero-order chi connectivity index (χ0) is 12.4. The molecular formula is C12H7ClFN3. The van der Waals surface area contributed by atoms with Gasteiger partial charge in [-0.1, -0.05) is 11.6 Å². The topological polar surface area (TPSA) is 62.7 Å². The van der Waals surface area contributed by atoms with E-state index in [0.717, 1.165) is 6.07 Å². The fraction of sp³-hybridized carbons (Fsp3) is 0. The predicted octanol–water partition coefficient (Wildman–Crippen LogP) is 2.99. The summed E-state index contributed by atoms with van der Waals surface area (Å²) in [5.41, 5.74) is 7.40. The standard InChI is InChI=1S/C12H7ClFN3/c13-11-3-9(14)2-10(12(11)16)8-1-7(4-15)5-17-6-8/h1-3,5-6H,16H2. The summed E-state index contributed by atoms with van der Waals surface area (Å²) >= 11 is 5.79. The molecule has 0 saturated heterocycles. The number of rotatable bonds is 1. The Morgan fingerprint density at radius 2 is 2.06 bits per heavy atom. The zero-order valence-corrected chi connectivity index (χ0v) is 9.37. The molecule has 0 aliphatic carbocycles. The van der Waals surface area contributed by atoms with Crippen LogP contribution in [0.5, 0.6) is 0 Å². The number of anilines is 1. The van der Waals surface area contributed by atoms with E-state index in [-0.39, 0.29) is 10.7 Å². The highest BCUT2D eigenvalue weighted by Gasteiger charge is 2.09. The van der Waals surface area contributed by atoms with E-state index in [4.69, 9.17) is 22.6 Å². The molecule has 0 saturated carbocycles. The molecule has 0 aliphatic rings. The van der Waals surface area contributed by atoms with Crippen LogP contribution in [0, 0.1) is 17.1 Å². The molecule has 2 aromatic rings. The third-order valence-corrected chi connectivity index (χ3v) is 2.59. The van der Waals surface area contributed by atoms with Crippen molar-refractivity contribution in [2.75, 3.05) is 5.73 Å². The van der Waals surface area contributed by atoms with Gasteiger partial charge in [0.05, 0.1) is 16.3 Å². The van der Waals surface area contributed by atoms with E-state index in [1.165, 1.54) is 18.5 Å². The SMILES string of the molecule is N#Cc1cncc(-c2cc(F)cc(Cl)c2N)c1. The van der Waals surface area contributed by atoms with Gasteiger partial charge in [0.25, 0.3) is 0 Å². The number of hydrogen-bond acceptors (Lipinski definition) is 3. The Morgan fingerprint density at radius 3 is 2.76 bits per heavy atom. The van der Waals surface area contributed by atoms with Crippen molar-refractivity contribution in [2.45, 2.75) is 0 Å². The fourth-order valence-electron chi connectivity index (χ4n) is 1.47. The number of halogens is 2. The number of hydrogen-bond donors (Lipinski definition) is 1. The molecule has 0 amide bonds. The molecule has 0 radical (unpaired) electrons. The summed E-state index contributed by atoms with van der Waals surface area (Å²) in [4.78, 5) is 3.89. The van der Waals surface area contributed by atoms with Crippen LogP contribution in [-0.4, -0.2) is 4.98 Å². The van der Waals surface area contributed by atoms with Crippen LogP contribution in [0.25, 0.3) is 11.1 Å². The van der Waals surface area contributed by atoms with Crippen molar-refractivity contribution in [3.8, 4) is 17.2 Å². The van der Waals surface area contributed by atoms with Gasteiger partial charge in [-0.25, -0.2) is 4.39 Å². The van der Waals surface area contributed by atoms with Gasteiger partial charge in [0.1, 0.15) is 11.9 Å². The smallest absolute Gasteiger partial charge is 0.125 e. The maximum Gasteiger partial charge on any atom is 0.125 e. The van der Waals surface area contributed by atoms with Crippen molar-refractivity contribution in [2.24, 2.45) is 0 Å². The van der Waals surface area contributed by atoms with Gasteiger partial charge in [-0.15, -0.1) is 0 Å². The summed E-state index contributed by atoms with van der Waals surface area (Å²) < 4.78 is 13.3. The van der Waals surface area contributed by atoms with E-state index in [9.17, 15) is 4.39 Å². The Balaban J connectivity index is 2.64. The highest BCUT2D eigenvalue weighted by atomic mass is 35.5. The monoisotopic (exact) mass is 247 g/mol. The average molecular weight is 248 g/mol. The van der Waals surface area contributed by atoms with Crippen LogP contribution in [-0.2, 0) is 0 Å². The van der Waals surface area contributed by atoms with Crippen molar-refractivity contribution in [1.29, 1.82) is 5.26 Å². The van der Waals surface area contributed by atoms with E-state index in [0.29, 0.717) is 16.7 Å². The molecule has 0 unspecified atom stereocenters. The Hall–Kier alpha value is -2.12. The first kappa shape index (κ1) is 11.4. The number of nitriles is 1. The van der Waals surface area contributed by atoms with E-state index in [1.807, 2.05) is 6.07 Å². The number of nitrogen functional groups attached to an aromatic ring is 1. The van der Waals surface area contributed by atoms with Gasteiger partial charge in [0.2, 0.25) is 0 Å². The van der Waals surface area contributed by atoms with Gasteiger partial charge in [-0.2, -0.15) is 5.26 Å². The first-order valence-corrected chi connectivity index (χ1v) is 5.09. The van der Waals surface area contributed by atoms with Crippen molar-refractivity contribution >= 4 is 17.3 Å². The van der Waals surface area contributed by atoms with E-state index < -0.39 is 5.82 Å². The minimum Gasteiger partial charge on any atom is -0.397 e. The summed E-state index contributed by atoms with van der Waals surface area (Å²) in [7, 11) is 0. The quantitative estimate of drug-likeness (QED) is 0.788. The second kappa shape index (κ2) is 4.40. The first-order valence-electron chi connectivity index (χ1n) is 4.72. The van der Waals surface area contributed by atoms with Gasteiger partial charge in [0, 0.05) is 23.5 Å². The minimum atomic E-state index is -0.485.